The summed E-state index contributed by atoms with van der Waals surface area (Å²) in [5.41, 5.74) is 5.00. The Labute approximate surface area is 198 Å². The lowest BCUT2D eigenvalue weighted by molar-refractivity contribution is -0.144. The molecule has 2 aromatic rings. The normalized spacial score (nSPS) is 23.4. The van der Waals surface area contributed by atoms with E-state index in [-0.39, 0.29) is 29.7 Å². The van der Waals surface area contributed by atoms with Gasteiger partial charge in [0.2, 0.25) is 0 Å². The number of thiophene rings is 1. The Kier molecular flexibility index (Phi) is 6.11. The number of para-hydroxylation sites is 1. The van der Waals surface area contributed by atoms with Crippen molar-refractivity contribution in [2.75, 3.05) is 7.11 Å². The molecule has 0 bridgehead atoms. The van der Waals surface area contributed by atoms with Gasteiger partial charge in [-0.2, -0.15) is 11.3 Å². The minimum absolute atomic E-state index is 0.0201. The number of carbonyl (C=O) groups is 2. The van der Waals surface area contributed by atoms with Crippen LogP contribution in [0.15, 0.2) is 63.6 Å². The molecule has 0 spiro atoms. The number of allylic oxidation sites excluding steroid dienone is 3. The van der Waals surface area contributed by atoms with Gasteiger partial charge in [0, 0.05) is 35.2 Å². The van der Waals surface area contributed by atoms with Gasteiger partial charge in [-0.15, -0.1) is 0 Å². The lowest BCUT2D eigenvalue weighted by Gasteiger charge is -2.36. The van der Waals surface area contributed by atoms with Gasteiger partial charge in [-0.25, -0.2) is 4.79 Å². The molecule has 1 saturated carbocycles. The SMILES string of the molecule is COc1ccccc1[C@H]1CC(=O)C2=C(C1)NC(C)=C(C(=O)OC1CCCC1)[C@H]2c1ccsc1. The molecule has 6 heteroatoms. The van der Waals surface area contributed by atoms with E-state index in [2.05, 4.69) is 5.32 Å². The minimum atomic E-state index is -0.382. The molecule has 0 saturated heterocycles. The van der Waals surface area contributed by atoms with Crippen molar-refractivity contribution in [3.63, 3.8) is 0 Å². The summed E-state index contributed by atoms with van der Waals surface area (Å²) in [4.78, 5) is 27.0. The second-order valence-corrected chi connectivity index (χ2v) is 9.91. The fourth-order valence-corrected chi connectivity index (χ4v) is 6.21. The average Bonchev–Trinajstić information content (AvgIpc) is 3.52. The van der Waals surface area contributed by atoms with Crippen LogP contribution in [0.1, 0.15) is 68.4 Å². The van der Waals surface area contributed by atoms with Crippen LogP contribution in [-0.2, 0) is 14.3 Å². The van der Waals surface area contributed by atoms with Gasteiger partial charge >= 0.3 is 5.97 Å². The van der Waals surface area contributed by atoms with E-state index in [1.807, 2.05) is 48.0 Å². The summed E-state index contributed by atoms with van der Waals surface area (Å²) < 4.78 is 11.5. The summed E-state index contributed by atoms with van der Waals surface area (Å²) in [6, 6.07) is 9.92. The Balaban J connectivity index is 1.51. The zero-order valence-corrected chi connectivity index (χ0v) is 19.9. The summed E-state index contributed by atoms with van der Waals surface area (Å²) >= 11 is 1.58. The number of rotatable bonds is 5. The molecule has 1 aromatic carbocycles. The molecule has 0 unspecified atom stereocenters. The van der Waals surface area contributed by atoms with Crippen LogP contribution in [0.5, 0.6) is 5.75 Å². The number of Topliss-reactive ketones (excluding diaryl/α,β-unsaturated/α-hetero) is 1. The molecule has 5 nitrogen and oxygen atoms in total. The molecule has 1 aliphatic heterocycles. The molecule has 3 aliphatic rings. The highest BCUT2D eigenvalue weighted by atomic mass is 32.1. The van der Waals surface area contributed by atoms with E-state index < -0.39 is 0 Å². The van der Waals surface area contributed by atoms with E-state index in [4.69, 9.17) is 9.47 Å². The van der Waals surface area contributed by atoms with Gasteiger partial charge in [0.05, 0.1) is 12.7 Å². The summed E-state index contributed by atoms with van der Waals surface area (Å²) in [7, 11) is 1.66. The zero-order chi connectivity index (χ0) is 22.9. The molecule has 1 N–H and O–H groups in total. The summed E-state index contributed by atoms with van der Waals surface area (Å²) in [6.07, 6.45) is 5.11. The summed E-state index contributed by atoms with van der Waals surface area (Å²) in [5.74, 6) is 0.233. The maximum atomic E-state index is 13.6. The number of ether oxygens (including phenoxy) is 2. The standard InChI is InChI=1S/C27H29NO4S/c1-16-24(27(30)32-19-7-3-4-8-19)25(17-11-12-33-15-17)26-21(28-16)13-18(14-22(26)29)20-9-5-6-10-23(20)31-2/h5-6,9-12,15,18-19,25,28H,3-4,7-8,13-14H2,1-2H3/t18-,25-/m1/s1. The first-order chi connectivity index (χ1) is 16.1. The van der Waals surface area contributed by atoms with Crippen molar-refractivity contribution in [3.05, 3.63) is 74.8 Å². The van der Waals surface area contributed by atoms with Crippen molar-refractivity contribution >= 4 is 23.1 Å². The number of dihydropyridines is 1. The van der Waals surface area contributed by atoms with Crippen LogP contribution in [0.25, 0.3) is 0 Å². The Morgan fingerprint density at radius 3 is 2.64 bits per heavy atom. The minimum Gasteiger partial charge on any atom is -0.496 e. The molecule has 33 heavy (non-hydrogen) atoms. The molecular weight excluding hydrogens is 434 g/mol. The fourth-order valence-electron chi connectivity index (χ4n) is 5.53. The number of esters is 1. The van der Waals surface area contributed by atoms with Crippen LogP contribution < -0.4 is 10.1 Å². The van der Waals surface area contributed by atoms with Crippen molar-refractivity contribution in [2.45, 2.75) is 63.4 Å². The third kappa shape index (κ3) is 4.12. The topological polar surface area (TPSA) is 64.6 Å². The third-order valence-electron chi connectivity index (χ3n) is 7.08. The maximum absolute atomic E-state index is 13.6. The predicted molar refractivity (Wildman–Crippen MR) is 128 cm³/mol. The number of hydrogen-bond donors (Lipinski definition) is 1. The fraction of sp³-hybridized carbons (Fsp3) is 0.407. The molecule has 0 amide bonds. The smallest absolute Gasteiger partial charge is 0.337 e. The molecular formula is C27H29NO4S. The largest absolute Gasteiger partial charge is 0.496 e. The van der Waals surface area contributed by atoms with E-state index in [9.17, 15) is 9.59 Å². The highest BCUT2D eigenvalue weighted by molar-refractivity contribution is 7.08. The molecule has 1 fully saturated rings. The molecule has 5 rings (SSSR count). The Hall–Kier alpha value is -2.86. The first-order valence-electron chi connectivity index (χ1n) is 11.7. The Bertz CT molecular complexity index is 1120. The van der Waals surface area contributed by atoms with Crippen molar-refractivity contribution in [1.29, 1.82) is 0 Å². The van der Waals surface area contributed by atoms with Gasteiger partial charge in [0.15, 0.2) is 5.78 Å². The number of hydrogen-bond acceptors (Lipinski definition) is 6. The van der Waals surface area contributed by atoms with Crippen LogP contribution >= 0.6 is 11.3 Å². The van der Waals surface area contributed by atoms with Crippen LogP contribution in [-0.4, -0.2) is 25.0 Å². The first-order valence-corrected chi connectivity index (χ1v) is 12.6. The molecule has 172 valence electrons. The number of methoxy groups -OCH3 is 1. The summed E-state index contributed by atoms with van der Waals surface area (Å²) in [5, 5.41) is 7.47. The Morgan fingerprint density at radius 1 is 1.12 bits per heavy atom. The molecule has 2 aliphatic carbocycles. The van der Waals surface area contributed by atoms with E-state index in [0.29, 0.717) is 24.0 Å². The van der Waals surface area contributed by atoms with Gasteiger partial charge < -0.3 is 14.8 Å². The van der Waals surface area contributed by atoms with Crippen LogP contribution in [0.4, 0.5) is 0 Å². The number of nitrogens with one attached hydrogen (secondary N) is 1. The van der Waals surface area contributed by atoms with Gasteiger partial charge in [0.1, 0.15) is 11.9 Å². The van der Waals surface area contributed by atoms with Crippen molar-refractivity contribution in [2.24, 2.45) is 0 Å². The van der Waals surface area contributed by atoms with Gasteiger partial charge in [-0.1, -0.05) is 18.2 Å². The molecule has 1 aromatic heterocycles. The van der Waals surface area contributed by atoms with E-state index in [1.165, 1.54) is 0 Å². The van der Waals surface area contributed by atoms with Crippen LogP contribution in [0, 0.1) is 0 Å². The van der Waals surface area contributed by atoms with E-state index in [1.54, 1.807) is 18.4 Å². The quantitative estimate of drug-likeness (QED) is 0.585. The molecule has 2 heterocycles. The number of ketones is 1. The number of benzene rings is 1. The van der Waals surface area contributed by atoms with Crippen LogP contribution in [0.3, 0.4) is 0 Å². The lowest BCUT2D eigenvalue weighted by Crippen LogP contribution is -2.36. The second kappa shape index (κ2) is 9.18. The highest BCUT2D eigenvalue weighted by Gasteiger charge is 2.42. The summed E-state index contributed by atoms with van der Waals surface area (Å²) in [6.45, 7) is 1.92. The van der Waals surface area contributed by atoms with Crippen LogP contribution in [0.2, 0.25) is 0 Å². The third-order valence-corrected chi connectivity index (χ3v) is 7.78. The van der Waals surface area contributed by atoms with E-state index >= 15 is 0 Å². The number of carbonyl (C=O) groups excluding carboxylic acids is 2. The molecule has 0 radical (unpaired) electrons. The molecule has 2 atom stereocenters. The monoisotopic (exact) mass is 463 g/mol. The van der Waals surface area contributed by atoms with Gasteiger partial charge in [-0.05, 0) is 73.0 Å². The highest BCUT2D eigenvalue weighted by Crippen LogP contribution is 2.47. The van der Waals surface area contributed by atoms with Gasteiger partial charge in [-0.3, -0.25) is 4.79 Å². The average molecular weight is 464 g/mol. The van der Waals surface area contributed by atoms with Crippen molar-refractivity contribution in [1.82, 2.24) is 5.32 Å². The van der Waals surface area contributed by atoms with Crippen molar-refractivity contribution in [3.8, 4) is 5.75 Å². The Morgan fingerprint density at radius 2 is 1.91 bits per heavy atom. The zero-order valence-electron chi connectivity index (χ0n) is 19.1. The first kappa shape index (κ1) is 22.0. The van der Waals surface area contributed by atoms with E-state index in [0.717, 1.165) is 54.0 Å². The second-order valence-electron chi connectivity index (χ2n) is 9.13. The van der Waals surface area contributed by atoms with Gasteiger partial charge in [0.25, 0.3) is 0 Å². The predicted octanol–water partition coefficient (Wildman–Crippen LogP) is 5.60. The maximum Gasteiger partial charge on any atom is 0.337 e. The lowest BCUT2D eigenvalue weighted by atomic mass is 9.72. The van der Waals surface area contributed by atoms with Crippen molar-refractivity contribution < 1.29 is 19.1 Å².